The molecule has 0 unspecified atom stereocenters. The maximum atomic E-state index is 9.55. The number of carboxylic acid groups (broad SMARTS) is 2. The second kappa shape index (κ2) is 11.9. The predicted molar refractivity (Wildman–Crippen MR) is 98.7 cm³/mol. The van der Waals surface area contributed by atoms with E-state index in [0.717, 1.165) is 38.5 Å². The number of anilines is 1. The van der Waals surface area contributed by atoms with Crippen LogP contribution in [-0.2, 0) is 9.59 Å². The Balaban J connectivity index is 0.000000359. The van der Waals surface area contributed by atoms with E-state index in [1.54, 1.807) is 6.20 Å². The summed E-state index contributed by atoms with van der Waals surface area (Å²) in [5, 5.41) is 19.0. The Bertz CT molecular complexity index is 580. The van der Waals surface area contributed by atoms with Gasteiger partial charge in [-0.2, -0.15) is 0 Å². The van der Waals surface area contributed by atoms with Gasteiger partial charge in [0.05, 0.1) is 24.7 Å². The molecule has 0 radical (unpaired) electrons. The summed E-state index contributed by atoms with van der Waals surface area (Å²) in [6.07, 6.45) is 6.01. The molecule has 144 valence electrons. The zero-order chi connectivity index (χ0) is 19.4. The molecule has 2 heterocycles. The summed E-state index contributed by atoms with van der Waals surface area (Å²) >= 11 is 0. The first-order chi connectivity index (χ1) is 12.4. The van der Waals surface area contributed by atoms with Gasteiger partial charge in [-0.05, 0) is 18.9 Å². The molecule has 1 aliphatic heterocycles. The molecule has 1 fully saturated rings. The highest BCUT2D eigenvalue weighted by Crippen LogP contribution is 2.20. The van der Waals surface area contributed by atoms with E-state index in [-0.39, 0.29) is 0 Å². The van der Waals surface area contributed by atoms with E-state index in [0.29, 0.717) is 18.1 Å². The van der Waals surface area contributed by atoms with Crippen LogP contribution in [0.5, 0.6) is 5.75 Å². The molecular formula is C18H27N3O5. The van der Waals surface area contributed by atoms with E-state index in [4.69, 9.17) is 14.9 Å². The van der Waals surface area contributed by atoms with Crippen LogP contribution in [0.2, 0.25) is 0 Å². The van der Waals surface area contributed by atoms with Crippen molar-refractivity contribution in [2.24, 2.45) is 5.92 Å². The van der Waals surface area contributed by atoms with Crippen molar-refractivity contribution in [2.45, 2.75) is 20.3 Å². The van der Waals surface area contributed by atoms with Crippen LogP contribution >= 0.6 is 0 Å². The monoisotopic (exact) mass is 365 g/mol. The molecule has 0 saturated carbocycles. The van der Waals surface area contributed by atoms with Crippen LogP contribution in [0.25, 0.3) is 0 Å². The molecule has 2 rings (SSSR count). The van der Waals surface area contributed by atoms with Crippen molar-refractivity contribution in [3.63, 3.8) is 0 Å². The molecular weight excluding hydrogens is 338 g/mol. The number of carboxylic acids is 2. The van der Waals surface area contributed by atoms with Crippen molar-refractivity contribution in [2.75, 3.05) is 37.7 Å². The quantitative estimate of drug-likeness (QED) is 0.652. The number of hydrogen-bond acceptors (Lipinski definition) is 6. The Morgan fingerprint density at radius 2 is 1.92 bits per heavy atom. The summed E-state index contributed by atoms with van der Waals surface area (Å²) in [5.74, 6) is -1.10. The lowest BCUT2D eigenvalue weighted by Gasteiger charge is -2.22. The first kappa shape index (κ1) is 21.4. The van der Waals surface area contributed by atoms with Crippen LogP contribution in [0.3, 0.4) is 0 Å². The molecule has 1 aliphatic rings. The summed E-state index contributed by atoms with van der Waals surface area (Å²) in [6.45, 7) is 9.31. The molecule has 0 spiro atoms. The molecule has 1 saturated heterocycles. The van der Waals surface area contributed by atoms with Crippen molar-refractivity contribution in [1.29, 1.82) is 0 Å². The zero-order valence-corrected chi connectivity index (χ0v) is 15.2. The molecule has 0 atom stereocenters. The number of aliphatic carboxylic acids is 2. The van der Waals surface area contributed by atoms with E-state index >= 15 is 0 Å². The average molecular weight is 365 g/mol. The molecule has 0 aliphatic carbocycles. The van der Waals surface area contributed by atoms with Crippen molar-refractivity contribution in [3.8, 4) is 5.75 Å². The second-order valence-corrected chi connectivity index (χ2v) is 6.18. The predicted octanol–water partition coefficient (Wildman–Crippen LogP) is 1.63. The van der Waals surface area contributed by atoms with Gasteiger partial charge in [0.2, 0.25) is 0 Å². The average Bonchev–Trinajstić information content (AvgIpc) is 2.88. The van der Waals surface area contributed by atoms with Gasteiger partial charge in [0.1, 0.15) is 5.75 Å². The van der Waals surface area contributed by atoms with Crippen LogP contribution < -0.4 is 15.0 Å². The number of hydrogen-bond donors (Lipinski definition) is 3. The van der Waals surface area contributed by atoms with E-state index in [9.17, 15) is 9.59 Å². The number of ether oxygens (including phenoxy) is 1. The lowest BCUT2D eigenvalue weighted by atomic mass is 10.2. The van der Waals surface area contributed by atoms with Gasteiger partial charge in [0.15, 0.2) is 0 Å². The second-order valence-electron chi connectivity index (χ2n) is 6.18. The van der Waals surface area contributed by atoms with Gasteiger partial charge in [-0.3, -0.25) is 4.98 Å². The summed E-state index contributed by atoms with van der Waals surface area (Å²) in [7, 11) is 0. The number of nitrogens with one attached hydrogen (secondary N) is 1. The third-order valence-electron chi connectivity index (χ3n) is 3.36. The minimum atomic E-state index is -1.26. The Morgan fingerprint density at radius 3 is 2.54 bits per heavy atom. The molecule has 26 heavy (non-hydrogen) atoms. The normalized spacial score (nSPS) is 14.5. The Morgan fingerprint density at radius 1 is 1.23 bits per heavy atom. The smallest absolute Gasteiger partial charge is 0.328 e. The fourth-order valence-corrected chi connectivity index (χ4v) is 2.17. The van der Waals surface area contributed by atoms with Crippen molar-refractivity contribution in [3.05, 3.63) is 30.6 Å². The van der Waals surface area contributed by atoms with Gasteiger partial charge in [-0.1, -0.05) is 13.8 Å². The van der Waals surface area contributed by atoms with Crippen molar-refractivity contribution in [1.82, 2.24) is 10.3 Å². The maximum Gasteiger partial charge on any atom is 0.328 e. The van der Waals surface area contributed by atoms with Gasteiger partial charge in [0.25, 0.3) is 0 Å². The Kier molecular flexibility index (Phi) is 9.78. The van der Waals surface area contributed by atoms with Gasteiger partial charge in [0, 0.05) is 37.9 Å². The first-order valence-corrected chi connectivity index (χ1v) is 8.56. The Labute approximate surface area is 153 Å². The minimum Gasteiger partial charge on any atom is -0.492 e. The van der Waals surface area contributed by atoms with Crippen LogP contribution in [-0.4, -0.2) is 59.9 Å². The molecule has 0 bridgehead atoms. The lowest BCUT2D eigenvalue weighted by molar-refractivity contribution is -0.134. The van der Waals surface area contributed by atoms with E-state index in [2.05, 4.69) is 35.1 Å². The van der Waals surface area contributed by atoms with E-state index < -0.39 is 11.9 Å². The lowest BCUT2D eigenvalue weighted by Crippen LogP contribution is -2.27. The largest absolute Gasteiger partial charge is 0.492 e. The molecule has 0 aromatic carbocycles. The summed E-state index contributed by atoms with van der Waals surface area (Å²) in [6, 6.07) is 2.10. The van der Waals surface area contributed by atoms with Crippen LogP contribution in [0.1, 0.15) is 20.3 Å². The van der Waals surface area contributed by atoms with Crippen LogP contribution in [0.4, 0.5) is 5.69 Å². The zero-order valence-electron chi connectivity index (χ0n) is 15.2. The molecule has 3 N–H and O–H groups in total. The Hall–Kier alpha value is -2.61. The van der Waals surface area contributed by atoms with Crippen molar-refractivity contribution < 1.29 is 24.5 Å². The number of nitrogens with zero attached hydrogens (tertiary/aromatic N) is 2. The summed E-state index contributed by atoms with van der Waals surface area (Å²) in [5.41, 5.74) is 1.17. The van der Waals surface area contributed by atoms with Gasteiger partial charge in [-0.25, -0.2) is 9.59 Å². The summed E-state index contributed by atoms with van der Waals surface area (Å²) < 4.78 is 5.73. The minimum absolute atomic E-state index is 0.538. The molecule has 1 aromatic heterocycles. The molecule has 0 amide bonds. The SMILES string of the molecule is CC(C)COc1cncc(N2CCCNCC2)c1.O=C(O)/C=C/C(=O)O. The molecule has 8 nitrogen and oxygen atoms in total. The molecule has 8 heteroatoms. The number of carbonyl (C=O) groups is 2. The van der Waals surface area contributed by atoms with Gasteiger partial charge in [-0.15, -0.1) is 0 Å². The highest BCUT2D eigenvalue weighted by molar-refractivity contribution is 5.89. The topological polar surface area (TPSA) is 112 Å². The number of aromatic nitrogens is 1. The van der Waals surface area contributed by atoms with Crippen molar-refractivity contribution >= 4 is 17.6 Å². The van der Waals surface area contributed by atoms with Crippen LogP contribution in [0.15, 0.2) is 30.6 Å². The van der Waals surface area contributed by atoms with E-state index in [1.807, 2.05) is 6.20 Å². The van der Waals surface area contributed by atoms with Crippen LogP contribution in [0, 0.1) is 5.92 Å². The third-order valence-corrected chi connectivity index (χ3v) is 3.36. The standard InChI is InChI=1S/C14H23N3O.C4H4O4/c1-12(2)11-18-14-8-13(9-16-10-14)17-6-3-4-15-5-7-17;5-3(6)1-2-4(7)8/h8-10,12,15H,3-7,11H2,1-2H3;1-2H,(H,5,6)(H,7,8)/b;2-1+. The first-order valence-electron chi connectivity index (χ1n) is 8.56. The van der Waals surface area contributed by atoms with Gasteiger partial charge >= 0.3 is 11.9 Å². The highest BCUT2D eigenvalue weighted by atomic mass is 16.5. The number of rotatable bonds is 6. The van der Waals surface area contributed by atoms with E-state index in [1.165, 1.54) is 12.1 Å². The third kappa shape index (κ3) is 9.63. The molecule has 1 aromatic rings. The fourth-order valence-electron chi connectivity index (χ4n) is 2.17. The fraction of sp³-hybridized carbons (Fsp3) is 0.500. The maximum absolute atomic E-state index is 9.55. The summed E-state index contributed by atoms with van der Waals surface area (Å²) in [4.78, 5) is 25.8. The number of pyridine rings is 1. The van der Waals surface area contributed by atoms with Gasteiger partial charge < -0.3 is 25.2 Å². The highest BCUT2D eigenvalue weighted by Gasteiger charge is 2.10.